The Morgan fingerprint density at radius 3 is 2.48 bits per heavy atom. The molecular formula is C17H36N4. The summed E-state index contributed by atoms with van der Waals surface area (Å²) in [6.07, 6.45) is 3.87. The Morgan fingerprint density at radius 2 is 1.90 bits per heavy atom. The smallest absolute Gasteiger partial charge is 0.191 e. The number of aliphatic imine (C=N–C) groups is 1. The Morgan fingerprint density at radius 1 is 1.24 bits per heavy atom. The first-order valence-corrected chi connectivity index (χ1v) is 8.80. The molecule has 1 rings (SSSR count). The third-order valence-corrected chi connectivity index (χ3v) is 4.49. The normalized spacial score (nSPS) is 19.8. The van der Waals surface area contributed by atoms with Gasteiger partial charge < -0.3 is 15.5 Å². The van der Waals surface area contributed by atoms with Crippen molar-refractivity contribution in [2.24, 2.45) is 16.8 Å². The first kappa shape index (κ1) is 18.3. The van der Waals surface area contributed by atoms with Gasteiger partial charge in [-0.25, -0.2) is 0 Å². The van der Waals surface area contributed by atoms with E-state index in [9.17, 15) is 0 Å². The summed E-state index contributed by atoms with van der Waals surface area (Å²) in [5.41, 5.74) is 0. The summed E-state index contributed by atoms with van der Waals surface area (Å²) in [6, 6.07) is 0.450. The minimum atomic E-state index is 0.450. The van der Waals surface area contributed by atoms with Crippen LogP contribution in [0.5, 0.6) is 0 Å². The van der Waals surface area contributed by atoms with Crippen molar-refractivity contribution in [3.8, 4) is 0 Å². The van der Waals surface area contributed by atoms with E-state index in [1.54, 1.807) is 0 Å². The molecule has 0 aromatic carbocycles. The first-order chi connectivity index (χ1) is 10.0. The maximum atomic E-state index is 4.70. The zero-order valence-electron chi connectivity index (χ0n) is 14.8. The monoisotopic (exact) mass is 296 g/mol. The van der Waals surface area contributed by atoms with Gasteiger partial charge in [0, 0.05) is 19.1 Å². The highest BCUT2D eigenvalue weighted by Gasteiger charge is 2.14. The number of rotatable bonds is 7. The molecule has 2 N–H and O–H groups in total. The fraction of sp³-hybridized carbons (Fsp3) is 0.941. The molecular weight excluding hydrogens is 260 g/mol. The number of likely N-dealkylation sites (tertiary alicyclic amines) is 1. The lowest BCUT2D eigenvalue weighted by Gasteiger charge is -2.29. The van der Waals surface area contributed by atoms with Crippen LogP contribution in [0.3, 0.4) is 0 Å². The molecule has 0 radical (unpaired) electrons. The molecule has 0 spiro atoms. The van der Waals surface area contributed by atoms with Crippen molar-refractivity contribution in [2.75, 3.05) is 32.7 Å². The third kappa shape index (κ3) is 7.70. The van der Waals surface area contributed by atoms with Crippen molar-refractivity contribution in [3.05, 3.63) is 0 Å². The van der Waals surface area contributed by atoms with Crippen LogP contribution < -0.4 is 10.6 Å². The van der Waals surface area contributed by atoms with Gasteiger partial charge in [-0.15, -0.1) is 0 Å². The van der Waals surface area contributed by atoms with Crippen LogP contribution in [0, 0.1) is 11.8 Å². The van der Waals surface area contributed by atoms with Crippen LogP contribution in [0.4, 0.5) is 0 Å². The Labute approximate surface area is 131 Å². The Kier molecular flexibility index (Phi) is 8.74. The van der Waals surface area contributed by atoms with E-state index in [4.69, 9.17) is 4.99 Å². The van der Waals surface area contributed by atoms with Crippen molar-refractivity contribution >= 4 is 5.96 Å². The van der Waals surface area contributed by atoms with Crippen LogP contribution >= 0.6 is 0 Å². The first-order valence-electron chi connectivity index (χ1n) is 8.80. The quantitative estimate of drug-likeness (QED) is 0.431. The number of hydrogen-bond acceptors (Lipinski definition) is 2. The van der Waals surface area contributed by atoms with Crippen molar-refractivity contribution in [3.63, 3.8) is 0 Å². The van der Waals surface area contributed by atoms with Gasteiger partial charge >= 0.3 is 0 Å². The van der Waals surface area contributed by atoms with E-state index < -0.39 is 0 Å². The molecule has 0 aromatic heterocycles. The highest BCUT2D eigenvalue weighted by Crippen LogP contribution is 2.15. The predicted octanol–water partition coefficient (Wildman–Crippen LogP) is 2.71. The minimum Gasteiger partial charge on any atom is -0.357 e. The van der Waals surface area contributed by atoms with Gasteiger partial charge in [0.1, 0.15) is 0 Å². The average Bonchev–Trinajstić information content (AvgIpc) is 2.45. The molecule has 124 valence electrons. The molecule has 21 heavy (non-hydrogen) atoms. The third-order valence-electron chi connectivity index (χ3n) is 4.49. The van der Waals surface area contributed by atoms with E-state index in [0.29, 0.717) is 12.0 Å². The molecule has 1 fully saturated rings. The van der Waals surface area contributed by atoms with E-state index >= 15 is 0 Å². The van der Waals surface area contributed by atoms with Crippen LogP contribution in [0.1, 0.15) is 53.9 Å². The maximum Gasteiger partial charge on any atom is 0.191 e. The van der Waals surface area contributed by atoms with Crippen molar-refractivity contribution in [1.29, 1.82) is 0 Å². The minimum absolute atomic E-state index is 0.450. The molecule has 1 aliphatic heterocycles. The van der Waals surface area contributed by atoms with Gasteiger partial charge in [0.2, 0.25) is 0 Å². The van der Waals surface area contributed by atoms with Gasteiger partial charge in [-0.05, 0) is 64.6 Å². The van der Waals surface area contributed by atoms with Crippen molar-refractivity contribution < 1.29 is 0 Å². The summed E-state index contributed by atoms with van der Waals surface area (Å²) in [6.45, 7) is 16.7. The number of nitrogens with one attached hydrogen (secondary N) is 2. The van der Waals surface area contributed by atoms with E-state index in [2.05, 4.69) is 50.2 Å². The Hall–Kier alpha value is -0.770. The van der Waals surface area contributed by atoms with Crippen LogP contribution in [0.2, 0.25) is 0 Å². The SMILES string of the molecule is CCNC(=NCCCN1CCC(C)CC1)NC(C)C(C)C. The van der Waals surface area contributed by atoms with Crippen LogP contribution in [0.25, 0.3) is 0 Å². The number of guanidine groups is 1. The summed E-state index contributed by atoms with van der Waals surface area (Å²) in [5, 5.41) is 6.82. The molecule has 1 atom stereocenters. The van der Waals surface area contributed by atoms with Crippen molar-refractivity contribution in [2.45, 2.75) is 59.9 Å². The molecule has 0 amide bonds. The molecule has 0 aromatic rings. The lowest BCUT2D eigenvalue weighted by atomic mass is 9.99. The lowest BCUT2D eigenvalue weighted by molar-refractivity contribution is 0.191. The van der Waals surface area contributed by atoms with Gasteiger partial charge in [0.15, 0.2) is 5.96 Å². The van der Waals surface area contributed by atoms with E-state index in [-0.39, 0.29) is 0 Å². The second kappa shape index (κ2) is 10.0. The number of nitrogens with zero attached hydrogens (tertiary/aromatic N) is 2. The summed E-state index contributed by atoms with van der Waals surface area (Å²) < 4.78 is 0. The fourth-order valence-electron chi connectivity index (χ4n) is 2.47. The fourth-order valence-corrected chi connectivity index (χ4v) is 2.47. The maximum absolute atomic E-state index is 4.70. The zero-order valence-corrected chi connectivity index (χ0v) is 14.8. The Bertz CT molecular complexity index is 293. The molecule has 4 nitrogen and oxygen atoms in total. The van der Waals surface area contributed by atoms with Crippen LogP contribution in [-0.2, 0) is 0 Å². The van der Waals surface area contributed by atoms with E-state index in [1.165, 1.54) is 32.5 Å². The highest BCUT2D eigenvalue weighted by molar-refractivity contribution is 5.80. The molecule has 1 unspecified atom stereocenters. The molecule has 0 saturated carbocycles. The van der Waals surface area contributed by atoms with Gasteiger partial charge in [0.25, 0.3) is 0 Å². The van der Waals surface area contributed by atoms with E-state index in [1.807, 2.05) is 0 Å². The van der Waals surface area contributed by atoms with Crippen LogP contribution in [0.15, 0.2) is 4.99 Å². The standard InChI is InChI=1S/C17H36N4/c1-6-18-17(20-16(5)14(2)3)19-10-7-11-21-12-8-15(4)9-13-21/h14-16H,6-13H2,1-5H3,(H2,18,19,20). The van der Waals surface area contributed by atoms with E-state index in [0.717, 1.165) is 31.4 Å². The van der Waals surface area contributed by atoms with Gasteiger partial charge in [-0.2, -0.15) is 0 Å². The predicted molar refractivity (Wildman–Crippen MR) is 92.9 cm³/mol. The number of piperidine rings is 1. The average molecular weight is 297 g/mol. The van der Waals surface area contributed by atoms with Crippen LogP contribution in [-0.4, -0.2) is 49.6 Å². The van der Waals surface area contributed by atoms with Gasteiger partial charge in [-0.1, -0.05) is 20.8 Å². The second-order valence-electron chi connectivity index (χ2n) is 6.82. The van der Waals surface area contributed by atoms with Gasteiger partial charge in [-0.3, -0.25) is 4.99 Å². The van der Waals surface area contributed by atoms with Gasteiger partial charge in [0.05, 0.1) is 0 Å². The molecule has 1 aliphatic rings. The zero-order chi connectivity index (χ0) is 15.7. The molecule has 0 bridgehead atoms. The topological polar surface area (TPSA) is 39.7 Å². The molecule has 0 aliphatic carbocycles. The lowest BCUT2D eigenvalue weighted by Crippen LogP contribution is -2.44. The molecule has 1 heterocycles. The second-order valence-corrected chi connectivity index (χ2v) is 6.82. The summed E-state index contributed by atoms with van der Waals surface area (Å²) in [5.74, 6) is 2.50. The highest BCUT2D eigenvalue weighted by atomic mass is 15.2. The number of hydrogen-bond donors (Lipinski definition) is 2. The van der Waals surface area contributed by atoms with Crippen molar-refractivity contribution in [1.82, 2.24) is 15.5 Å². The molecule has 1 saturated heterocycles. The summed E-state index contributed by atoms with van der Waals surface area (Å²) >= 11 is 0. The largest absolute Gasteiger partial charge is 0.357 e. The molecule has 4 heteroatoms. The Balaban J connectivity index is 2.27. The summed E-state index contributed by atoms with van der Waals surface area (Å²) in [7, 11) is 0. The summed E-state index contributed by atoms with van der Waals surface area (Å²) in [4.78, 5) is 7.29.